The average Bonchev–Trinajstić information content (AvgIpc) is 2.52. The summed E-state index contributed by atoms with van der Waals surface area (Å²) in [5, 5.41) is 5.22. The Morgan fingerprint density at radius 1 is 1.14 bits per heavy atom. The van der Waals surface area contributed by atoms with Gasteiger partial charge in [-0.05, 0) is 35.7 Å². The van der Waals surface area contributed by atoms with Gasteiger partial charge < -0.3 is 10.1 Å². The van der Waals surface area contributed by atoms with Crippen molar-refractivity contribution in [2.45, 2.75) is 39.2 Å². The van der Waals surface area contributed by atoms with Crippen LogP contribution in [0.2, 0.25) is 0 Å². The SMILES string of the molecule is CCCCNC(=O)[C@@H](CC)Oc1ccc2ccccc2c1. The Bertz CT molecular complexity index is 595. The number of ether oxygens (including phenoxy) is 1. The summed E-state index contributed by atoms with van der Waals surface area (Å²) in [6.07, 6.45) is 2.30. The Balaban J connectivity index is 2.04. The van der Waals surface area contributed by atoms with Crippen molar-refractivity contribution in [3.05, 3.63) is 42.5 Å². The number of unbranched alkanes of at least 4 members (excludes halogenated alkanes) is 1. The van der Waals surface area contributed by atoms with Crippen LogP contribution in [-0.2, 0) is 4.79 Å². The number of rotatable bonds is 7. The lowest BCUT2D eigenvalue weighted by Crippen LogP contribution is -2.38. The molecule has 2 aromatic rings. The van der Waals surface area contributed by atoms with Crippen LogP contribution in [0.25, 0.3) is 10.8 Å². The van der Waals surface area contributed by atoms with E-state index >= 15 is 0 Å². The topological polar surface area (TPSA) is 38.3 Å². The van der Waals surface area contributed by atoms with Crippen LogP contribution in [0.5, 0.6) is 5.75 Å². The Morgan fingerprint density at radius 3 is 2.62 bits per heavy atom. The first-order chi connectivity index (χ1) is 10.2. The second-order valence-electron chi connectivity index (χ2n) is 5.17. The molecule has 0 radical (unpaired) electrons. The van der Waals surface area contributed by atoms with Crippen molar-refractivity contribution < 1.29 is 9.53 Å². The molecule has 0 saturated heterocycles. The maximum atomic E-state index is 12.1. The monoisotopic (exact) mass is 285 g/mol. The highest BCUT2D eigenvalue weighted by molar-refractivity contribution is 5.84. The number of benzene rings is 2. The van der Waals surface area contributed by atoms with Crippen molar-refractivity contribution in [3.63, 3.8) is 0 Å². The van der Waals surface area contributed by atoms with Crippen molar-refractivity contribution in [1.29, 1.82) is 0 Å². The molecule has 0 heterocycles. The van der Waals surface area contributed by atoms with Gasteiger partial charge in [0.2, 0.25) is 0 Å². The number of fused-ring (bicyclic) bond motifs is 1. The van der Waals surface area contributed by atoms with Crippen LogP contribution in [0, 0.1) is 0 Å². The predicted molar refractivity (Wildman–Crippen MR) is 86.6 cm³/mol. The summed E-state index contributed by atoms with van der Waals surface area (Å²) in [4.78, 5) is 12.1. The second kappa shape index (κ2) is 7.67. The van der Waals surface area contributed by atoms with Crippen LogP contribution < -0.4 is 10.1 Å². The van der Waals surface area contributed by atoms with Gasteiger partial charge in [-0.3, -0.25) is 4.79 Å². The second-order valence-corrected chi connectivity index (χ2v) is 5.17. The predicted octanol–water partition coefficient (Wildman–Crippen LogP) is 3.91. The third kappa shape index (κ3) is 4.22. The normalized spacial score (nSPS) is 12.1. The number of hydrogen-bond acceptors (Lipinski definition) is 2. The van der Waals surface area contributed by atoms with Gasteiger partial charge in [0.1, 0.15) is 5.75 Å². The van der Waals surface area contributed by atoms with Gasteiger partial charge in [-0.25, -0.2) is 0 Å². The van der Waals surface area contributed by atoms with Gasteiger partial charge in [-0.1, -0.05) is 50.6 Å². The molecular formula is C18H23NO2. The molecule has 0 saturated carbocycles. The highest BCUT2D eigenvalue weighted by Gasteiger charge is 2.17. The maximum absolute atomic E-state index is 12.1. The van der Waals surface area contributed by atoms with E-state index in [2.05, 4.69) is 18.3 Å². The molecule has 3 heteroatoms. The number of carbonyl (C=O) groups is 1. The molecule has 0 bridgehead atoms. The van der Waals surface area contributed by atoms with E-state index in [0.717, 1.165) is 24.0 Å². The molecule has 2 aromatic carbocycles. The van der Waals surface area contributed by atoms with E-state index in [1.807, 2.05) is 43.3 Å². The zero-order chi connectivity index (χ0) is 15.1. The minimum absolute atomic E-state index is 0.0286. The number of amides is 1. The zero-order valence-electron chi connectivity index (χ0n) is 12.8. The molecule has 0 aliphatic carbocycles. The molecule has 0 aromatic heterocycles. The highest BCUT2D eigenvalue weighted by atomic mass is 16.5. The van der Waals surface area contributed by atoms with Crippen molar-refractivity contribution in [2.75, 3.05) is 6.54 Å². The molecule has 0 fully saturated rings. The fourth-order valence-corrected chi connectivity index (χ4v) is 2.23. The van der Waals surface area contributed by atoms with Gasteiger partial charge in [0.15, 0.2) is 6.10 Å². The van der Waals surface area contributed by atoms with E-state index in [1.165, 1.54) is 5.39 Å². The van der Waals surface area contributed by atoms with Crippen LogP contribution in [0.4, 0.5) is 0 Å². The lowest BCUT2D eigenvalue weighted by atomic mass is 10.1. The first-order valence-electron chi connectivity index (χ1n) is 7.67. The maximum Gasteiger partial charge on any atom is 0.261 e. The molecule has 3 nitrogen and oxygen atoms in total. The molecular weight excluding hydrogens is 262 g/mol. The summed E-state index contributed by atoms with van der Waals surface area (Å²) in [7, 11) is 0. The summed E-state index contributed by atoms with van der Waals surface area (Å²) in [6, 6.07) is 14.0. The van der Waals surface area contributed by atoms with Crippen LogP contribution in [0.3, 0.4) is 0 Å². The minimum Gasteiger partial charge on any atom is -0.481 e. The fraction of sp³-hybridized carbons (Fsp3) is 0.389. The van der Waals surface area contributed by atoms with Gasteiger partial charge in [0.25, 0.3) is 5.91 Å². The molecule has 0 spiro atoms. The first-order valence-corrected chi connectivity index (χ1v) is 7.67. The standard InChI is InChI=1S/C18H23NO2/c1-3-5-12-19-18(20)17(4-2)21-16-11-10-14-8-6-7-9-15(14)13-16/h6-11,13,17H,3-5,12H2,1-2H3,(H,19,20)/t17-/m1/s1. The summed E-state index contributed by atoms with van der Waals surface area (Å²) >= 11 is 0. The van der Waals surface area contributed by atoms with Gasteiger partial charge >= 0.3 is 0 Å². The van der Waals surface area contributed by atoms with Crippen LogP contribution in [0.1, 0.15) is 33.1 Å². The number of carbonyl (C=O) groups excluding carboxylic acids is 1. The van der Waals surface area contributed by atoms with Crippen molar-refractivity contribution in [3.8, 4) is 5.75 Å². The zero-order valence-corrected chi connectivity index (χ0v) is 12.8. The smallest absolute Gasteiger partial charge is 0.261 e. The van der Waals surface area contributed by atoms with Crippen molar-refractivity contribution in [2.24, 2.45) is 0 Å². The average molecular weight is 285 g/mol. The molecule has 2 rings (SSSR count). The van der Waals surface area contributed by atoms with E-state index in [9.17, 15) is 4.79 Å². The Kier molecular flexibility index (Phi) is 5.61. The molecule has 1 amide bonds. The van der Waals surface area contributed by atoms with E-state index in [1.54, 1.807) is 0 Å². The van der Waals surface area contributed by atoms with Gasteiger partial charge in [-0.15, -0.1) is 0 Å². The largest absolute Gasteiger partial charge is 0.481 e. The number of nitrogens with one attached hydrogen (secondary N) is 1. The van der Waals surface area contributed by atoms with Crippen molar-refractivity contribution >= 4 is 16.7 Å². The van der Waals surface area contributed by atoms with Crippen LogP contribution in [0.15, 0.2) is 42.5 Å². The van der Waals surface area contributed by atoms with E-state index in [4.69, 9.17) is 4.74 Å². The van der Waals surface area contributed by atoms with Crippen molar-refractivity contribution in [1.82, 2.24) is 5.32 Å². The molecule has 1 N–H and O–H groups in total. The summed E-state index contributed by atoms with van der Waals surface area (Å²) in [5.41, 5.74) is 0. The summed E-state index contributed by atoms with van der Waals surface area (Å²) in [5.74, 6) is 0.713. The number of hydrogen-bond donors (Lipinski definition) is 1. The molecule has 1 atom stereocenters. The van der Waals surface area contributed by atoms with Gasteiger partial charge in [0, 0.05) is 6.54 Å². The Hall–Kier alpha value is -2.03. The third-order valence-electron chi connectivity index (χ3n) is 3.49. The van der Waals surface area contributed by atoms with E-state index in [-0.39, 0.29) is 5.91 Å². The Labute approximate surface area is 126 Å². The lowest BCUT2D eigenvalue weighted by molar-refractivity contribution is -0.128. The first kappa shape index (κ1) is 15.4. The minimum atomic E-state index is -0.428. The van der Waals surface area contributed by atoms with E-state index in [0.29, 0.717) is 13.0 Å². The quantitative estimate of drug-likeness (QED) is 0.783. The molecule has 0 unspecified atom stereocenters. The third-order valence-corrected chi connectivity index (χ3v) is 3.49. The molecule has 0 aliphatic rings. The molecule has 112 valence electrons. The lowest BCUT2D eigenvalue weighted by Gasteiger charge is -2.17. The van der Waals surface area contributed by atoms with Crippen LogP contribution >= 0.6 is 0 Å². The summed E-state index contributed by atoms with van der Waals surface area (Å²) in [6.45, 7) is 4.78. The van der Waals surface area contributed by atoms with Gasteiger partial charge in [-0.2, -0.15) is 0 Å². The van der Waals surface area contributed by atoms with Gasteiger partial charge in [0.05, 0.1) is 0 Å². The Morgan fingerprint density at radius 2 is 1.90 bits per heavy atom. The fourth-order valence-electron chi connectivity index (χ4n) is 2.23. The summed E-state index contributed by atoms with van der Waals surface area (Å²) < 4.78 is 5.85. The van der Waals surface area contributed by atoms with Crippen LogP contribution in [-0.4, -0.2) is 18.6 Å². The van der Waals surface area contributed by atoms with E-state index < -0.39 is 6.10 Å². The molecule has 21 heavy (non-hydrogen) atoms. The molecule has 0 aliphatic heterocycles. The highest BCUT2D eigenvalue weighted by Crippen LogP contribution is 2.22.